The number of alkyl halides is 3. The van der Waals surface area contributed by atoms with Crippen LogP contribution in [0.2, 0.25) is 0 Å². The lowest BCUT2D eigenvalue weighted by Crippen LogP contribution is -2.65. The number of aromatic hydroxyl groups is 1. The largest absolute Gasteiger partial charge is 0.508 e. The van der Waals surface area contributed by atoms with E-state index in [1.54, 1.807) is 25.1 Å². The molecule has 0 heterocycles. The van der Waals surface area contributed by atoms with Crippen molar-refractivity contribution in [2.24, 2.45) is 17.6 Å². The fraction of sp³-hybridized carbons (Fsp3) is 0.536. The van der Waals surface area contributed by atoms with E-state index in [0.29, 0.717) is 11.3 Å². The molecule has 1 aromatic rings. The number of ketones is 2. The summed E-state index contributed by atoms with van der Waals surface area (Å²) in [5, 5.41) is 48.2. The number of phenols is 1. The van der Waals surface area contributed by atoms with Gasteiger partial charge in [0.15, 0.2) is 11.4 Å². The highest BCUT2D eigenvalue weighted by atomic mass is 19.4. The molecule has 1 amide bonds. The minimum Gasteiger partial charge on any atom is -0.508 e. The second kappa shape index (κ2) is 10.9. The zero-order valence-corrected chi connectivity index (χ0v) is 23.7. The molecule has 1 aromatic carbocycles. The summed E-state index contributed by atoms with van der Waals surface area (Å²) in [5.74, 6) is -7.39. The van der Waals surface area contributed by atoms with Gasteiger partial charge in [-0.15, -0.1) is 0 Å². The Hall–Kier alpha value is -3.62. The highest BCUT2D eigenvalue weighted by Crippen LogP contribution is 2.54. The van der Waals surface area contributed by atoms with Gasteiger partial charge < -0.3 is 36.4 Å². The van der Waals surface area contributed by atoms with Crippen LogP contribution in [0.25, 0.3) is 5.76 Å². The number of nitrogens with one attached hydrogen (secondary N) is 1. The summed E-state index contributed by atoms with van der Waals surface area (Å²) in [7, 11) is 6.50. The van der Waals surface area contributed by atoms with Crippen LogP contribution in [0.1, 0.15) is 36.0 Å². The molecule has 1 fully saturated rings. The molecule has 4 atom stereocenters. The second-order valence-electron chi connectivity index (χ2n) is 11.5. The molecular weight excluding hydrogens is 561 g/mol. The minimum atomic E-state index is -4.29. The third-order valence-corrected chi connectivity index (χ3v) is 8.39. The Morgan fingerprint density at radius 1 is 1.17 bits per heavy atom. The van der Waals surface area contributed by atoms with Gasteiger partial charge in [-0.1, -0.05) is 0 Å². The molecular formula is C28H35F3N4O7. The molecule has 1 saturated carbocycles. The number of benzene rings is 1. The maximum atomic E-state index is 14.0. The Bertz CT molecular complexity index is 1400. The molecule has 3 aliphatic rings. The summed E-state index contributed by atoms with van der Waals surface area (Å²) < 4.78 is 37.5. The number of hydrogen-bond acceptors (Lipinski definition) is 10. The van der Waals surface area contributed by atoms with Crippen LogP contribution in [0.5, 0.6) is 5.75 Å². The number of carbonyl (C=O) groups is 3. The number of anilines is 1. The molecule has 42 heavy (non-hydrogen) atoms. The lowest BCUT2D eigenvalue weighted by atomic mass is 9.57. The molecule has 0 spiro atoms. The van der Waals surface area contributed by atoms with Gasteiger partial charge in [-0.05, 0) is 57.5 Å². The standard InChI is InChI=1S/C28H35F3N4O7/c1-34(2)16-10-13(11-33-7-5-6-27(29,30)31)21(36)18-14(16)8-12-9-15-20(35(3)4)23(38)19(26(32)41)25(40)28(15,42)24(39)17(12)22(18)37/h10,12,15,20,33,36-37,40,42H,5-9,11H2,1-4H3,(H2,32,41)/t12?,15-,20-,28-/m0/s1. The molecule has 0 saturated heterocycles. The fourth-order valence-electron chi connectivity index (χ4n) is 6.52. The van der Waals surface area contributed by atoms with Gasteiger partial charge in [0.1, 0.15) is 22.8 Å². The summed E-state index contributed by atoms with van der Waals surface area (Å²) >= 11 is 0. The SMILES string of the molecule is CN(C)c1cc(CNCCCC(F)(F)F)c(O)c2c1CC1C[C@H]3[C@H](N(C)C)C(=O)C(C(N)=O)=C(O)[C@@]3(O)C(=O)C1=C2O. The van der Waals surface area contributed by atoms with E-state index in [0.717, 1.165) is 0 Å². The van der Waals surface area contributed by atoms with E-state index >= 15 is 0 Å². The third kappa shape index (κ3) is 5.01. The molecule has 0 bridgehead atoms. The maximum absolute atomic E-state index is 14.0. The van der Waals surface area contributed by atoms with Crippen LogP contribution >= 0.6 is 0 Å². The lowest BCUT2D eigenvalue weighted by Gasteiger charge is -2.50. The van der Waals surface area contributed by atoms with Gasteiger partial charge in [0.2, 0.25) is 5.78 Å². The highest BCUT2D eigenvalue weighted by Gasteiger charge is 2.64. The van der Waals surface area contributed by atoms with Crippen molar-refractivity contribution in [1.82, 2.24) is 10.2 Å². The predicted octanol–water partition coefficient (Wildman–Crippen LogP) is 1.46. The quantitative estimate of drug-likeness (QED) is 0.190. The highest BCUT2D eigenvalue weighted by molar-refractivity contribution is 6.24. The molecule has 0 aromatic heterocycles. The maximum Gasteiger partial charge on any atom is 0.389 e. The van der Waals surface area contributed by atoms with Gasteiger partial charge in [-0.3, -0.25) is 19.3 Å². The lowest BCUT2D eigenvalue weighted by molar-refractivity contribution is -0.153. The number of hydrogen-bond donors (Lipinski definition) is 6. The van der Waals surface area contributed by atoms with Crippen molar-refractivity contribution < 1.29 is 48.0 Å². The molecule has 3 aliphatic carbocycles. The normalized spacial score (nSPS) is 25.9. The molecule has 1 unspecified atom stereocenters. The number of rotatable bonds is 8. The number of aliphatic hydroxyl groups is 3. The van der Waals surface area contributed by atoms with E-state index < -0.39 is 76.4 Å². The van der Waals surface area contributed by atoms with E-state index in [1.165, 1.54) is 19.0 Å². The van der Waals surface area contributed by atoms with Crippen LogP contribution in [0.3, 0.4) is 0 Å². The van der Waals surface area contributed by atoms with Crippen LogP contribution < -0.4 is 16.0 Å². The van der Waals surface area contributed by atoms with Crippen molar-refractivity contribution in [3.05, 3.63) is 39.7 Å². The number of primary amides is 1. The average molecular weight is 597 g/mol. The molecule has 0 radical (unpaired) electrons. The Labute approximate surface area is 240 Å². The Kier molecular flexibility index (Phi) is 8.13. The minimum absolute atomic E-state index is 0.00888. The van der Waals surface area contributed by atoms with Crippen LogP contribution in [-0.4, -0.2) is 95.4 Å². The number of likely N-dealkylation sites (N-methyl/N-ethyl adjacent to an activating group) is 1. The number of phenolic OH excluding ortho intramolecular Hbond substituents is 1. The number of halogens is 3. The summed E-state index contributed by atoms with van der Waals surface area (Å²) in [6.45, 7) is -0.0309. The average Bonchev–Trinajstić information content (AvgIpc) is 2.85. The van der Waals surface area contributed by atoms with Gasteiger partial charge in [-0.25, -0.2) is 0 Å². The summed E-state index contributed by atoms with van der Waals surface area (Å²) in [4.78, 5) is 42.5. The zero-order chi connectivity index (χ0) is 31.5. The molecule has 4 rings (SSSR count). The Morgan fingerprint density at radius 3 is 2.36 bits per heavy atom. The fourth-order valence-corrected chi connectivity index (χ4v) is 6.52. The molecule has 230 valence electrons. The predicted molar refractivity (Wildman–Crippen MR) is 146 cm³/mol. The number of Topliss-reactive ketones (excluding diaryl/α,β-unsaturated/α-hetero) is 2. The smallest absolute Gasteiger partial charge is 0.389 e. The van der Waals surface area contributed by atoms with Crippen molar-refractivity contribution in [3.8, 4) is 5.75 Å². The van der Waals surface area contributed by atoms with Crippen LogP contribution in [0.15, 0.2) is 23.0 Å². The zero-order valence-electron chi connectivity index (χ0n) is 23.7. The van der Waals surface area contributed by atoms with E-state index in [1.807, 2.05) is 0 Å². The van der Waals surface area contributed by atoms with E-state index in [4.69, 9.17) is 5.73 Å². The third-order valence-electron chi connectivity index (χ3n) is 8.39. The van der Waals surface area contributed by atoms with Crippen LogP contribution in [0, 0.1) is 11.8 Å². The van der Waals surface area contributed by atoms with Gasteiger partial charge >= 0.3 is 6.18 Å². The summed E-state index contributed by atoms with van der Waals surface area (Å²) in [5.41, 5.74) is 2.66. The van der Waals surface area contributed by atoms with Crippen LogP contribution in [-0.2, 0) is 27.3 Å². The van der Waals surface area contributed by atoms with E-state index in [9.17, 15) is 48.0 Å². The summed E-state index contributed by atoms with van der Waals surface area (Å²) in [6.07, 6.45) is -5.37. The monoisotopic (exact) mass is 596 g/mol. The first-order chi connectivity index (χ1) is 19.4. The van der Waals surface area contributed by atoms with Gasteiger partial charge in [0.05, 0.1) is 11.6 Å². The first-order valence-electron chi connectivity index (χ1n) is 13.4. The number of fused-ring (bicyclic) bond motifs is 3. The number of carbonyl (C=O) groups excluding carboxylic acids is 3. The van der Waals surface area contributed by atoms with Crippen molar-refractivity contribution in [2.75, 3.05) is 39.6 Å². The molecule has 11 nitrogen and oxygen atoms in total. The van der Waals surface area contributed by atoms with Gasteiger partial charge in [-0.2, -0.15) is 13.2 Å². The summed E-state index contributed by atoms with van der Waals surface area (Å²) in [6, 6.07) is 0.458. The number of nitrogens with two attached hydrogens (primary N) is 1. The van der Waals surface area contributed by atoms with Gasteiger partial charge in [0, 0.05) is 49.8 Å². The molecule has 0 aliphatic heterocycles. The Balaban J connectivity index is 1.82. The van der Waals surface area contributed by atoms with Crippen molar-refractivity contribution in [2.45, 2.75) is 50.0 Å². The molecule has 7 N–H and O–H groups in total. The van der Waals surface area contributed by atoms with Crippen molar-refractivity contribution >= 4 is 28.9 Å². The first-order valence-corrected chi connectivity index (χ1v) is 13.4. The second-order valence-corrected chi connectivity index (χ2v) is 11.5. The van der Waals surface area contributed by atoms with Crippen molar-refractivity contribution in [1.29, 1.82) is 0 Å². The number of nitrogens with zero attached hydrogens (tertiary/aromatic N) is 2. The number of aliphatic hydroxyl groups excluding tert-OH is 2. The van der Waals surface area contributed by atoms with E-state index in [-0.39, 0.29) is 49.1 Å². The van der Waals surface area contributed by atoms with Crippen molar-refractivity contribution in [3.63, 3.8) is 0 Å². The molecule has 14 heteroatoms. The Morgan fingerprint density at radius 2 is 1.81 bits per heavy atom. The van der Waals surface area contributed by atoms with Gasteiger partial charge in [0.25, 0.3) is 5.91 Å². The first kappa shape index (κ1) is 31.3. The number of amides is 1. The van der Waals surface area contributed by atoms with E-state index in [2.05, 4.69) is 5.32 Å². The topological polar surface area (TPSA) is 177 Å². The van der Waals surface area contributed by atoms with Crippen LogP contribution in [0.4, 0.5) is 18.9 Å².